The third-order valence-electron chi connectivity index (χ3n) is 7.43. The minimum Gasteiger partial charge on any atom is -0.368 e. The van der Waals surface area contributed by atoms with Crippen molar-refractivity contribution >= 4 is 29.1 Å². The van der Waals surface area contributed by atoms with Gasteiger partial charge in [0.2, 0.25) is 0 Å². The average molecular weight is 552 g/mol. The minimum atomic E-state index is -0.310. The van der Waals surface area contributed by atoms with Crippen LogP contribution >= 0.6 is 0 Å². The Morgan fingerprint density at radius 3 is 2.34 bits per heavy atom. The summed E-state index contributed by atoms with van der Waals surface area (Å²) in [5, 5.41) is 15.4. The number of nitriles is 1. The fraction of sp³-hybridized carbons (Fsp3) is 0.323. The van der Waals surface area contributed by atoms with E-state index >= 15 is 0 Å². The van der Waals surface area contributed by atoms with Gasteiger partial charge in [0.1, 0.15) is 0 Å². The van der Waals surface area contributed by atoms with E-state index in [0.29, 0.717) is 67.2 Å². The van der Waals surface area contributed by atoms with Crippen LogP contribution in [0, 0.1) is 11.3 Å². The van der Waals surface area contributed by atoms with Gasteiger partial charge < -0.3 is 25.3 Å². The molecule has 0 saturated carbocycles. The number of aromatic nitrogens is 1. The van der Waals surface area contributed by atoms with Crippen molar-refractivity contribution in [3.05, 3.63) is 89.2 Å². The molecule has 10 heteroatoms. The SMILES string of the molecule is N#Cc1ccc(C(=O)N2CCCN(c3ccc(C(=O)N4CCCNCC4)cc3NC(=O)c3cccnc3)CC2)cc1. The number of nitrogens with zero attached hydrogens (tertiary/aromatic N) is 5. The maximum Gasteiger partial charge on any atom is 0.257 e. The first-order chi connectivity index (χ1) is 20.0. The fourth-order valence-electron chi connectivity index (χ4n) is 5.20. The molecule has 2 aliphatic heterocycles. The molecule has 0 spiro atoms. The van der Waals surface area contributed by atoms with Crippen molar-refractivity contribution < 1.29 is 14.4 Å². The van der Waals surface area contributed by atoms with Crippen molar-refractivity contribution in [2.45, 2.75) is 12.8 Å². The maximum absolute atomic E-state index is 13.4. The van der Waals surface area contributed by atoms with Crippen molar-refractivity contribution in [3.8, 4) is 6.07 Å². The second-order valence-electron chi connectivity index (χ2n) is 10.1. The Kier molecular flexibility index (Phi) is 8.86. The normalized spacial score (nSPS) is 15.8. The zero-order chi connectivity index (χ0) is 28.6. The molecule has 2 N–H and O–H groups in total. The first kappa shape index (κ1) is 27.8. The summed E-state index contributed by atoms with van der Waals surface area (Å²) in [6.45, 7) is 5.27. The first-order valence-electron chi connectivity index (χ1n) is 13.9. The van der Waals surface area contributed by atoms with Crippen molar-refractivity contribution in [1.82, 2.24) is 20.1 Å². The summed E-state index contributed by atoms with van der Waals surface area (Å²) in [5.41, 5.74) is 3.34. The molecule has 0 aliphatic carbocycles. The summed E-state index contributed by atoms with van der Waals surface area (Å²) >= 11 is 0. The maximum atomic E-state index is 13.4. The van der Waals surface area contributed by atoms with E-state index in [9.17, 15) is 14.4 Å². The standard InChI is InChI=1S/C31H33N7O3/c32-21-23-5-7-24(8-6-23)30(40)38-16-3-15-36(18-19-38)28-10-9-25(31(41)37-14-2-12-33-13-17-37)20-27(28)35-29(39)26-4-1-11-34-22-26/h1,4-11,20,22,33H,2-3,12-19H2,(H,35,39). The summed E-state index contributed by atoms with van der Waals surface area (Å²) in [6, 6.07) is 17.6. The minimum absolute atomic E-state index is 0.0628. The summed E-state index contributed by atoms with van der Waals surface area (Å²) in [6.07, 6.45) is 4.74. The molecule has 210 valence electrons. The van der Waals surface area contributed by atoms with Gasteiger partial charge in [-0.05, 0) is 74.0 Å². The number of anilines is 2. The Bertz CT molecular complexity index is 1430. The Hall–Kier alpha value is -4.75. The molecule has 3 heterocycles. The highest BCUT2D eigenvalue weighted by molar-refractivity contribution is 6.07. The van der Waals surface area contributed by atoms with Gasteiger partial charge in [-0.2, -0.15) is 5.26 Å². The number of rotatable bonds is 5. The average Bonchev–Trinajstić information content (AvgIpc) is 3.45. The van der Waals surface area contributed by atoms with E-state index in [-0.39, 0.29) is 17.7 Å². The number of pyridine rings is 1. The molecule has 0 bridgehead atoms. The third kappa shape index (κ3) is 6.70. The molecule has 2 aliphatic rings. The van der Waals surface area contributed by atoms with E-state index in [2.05, 4.69) is 26.6 Å². The lowest BCUT2D eigenvalue weighted by molar-refractivity contribution is 0.0759. The van der Waals surface area contributed by atoms with Gasteiger partial charge in [-0.3, -0.25) is 19.4 Å². The number of nitrogens with one attached hydrogen (secondary N) is 2. The molecule has 3 aromatic rings. The predicted octanol–water partition coefficient (Wildman–Crippen LogP) is 2.99. The number of hydrogen-bond donors (Lipinski definition) is 2. The molecule has 3 amide bonds. The lowest BCUT2D eigenvalue weighted by Gasteiger charge is -2.27. The fourth-order valence-corrected chi connectivity index (χ4v) is 5.20. The van der Waals surface area contributed by atoms with E-state index in [1.165, 1.54) is 6.20 Å². The predicted molar refractivity (Wildman–Crippen MR) is 156 cm³/mol. The van der Waals surface area contributed by atoms with Gasteiger partial charge in [0, 0.05) is 69.3 Å². The van der Waals surface area contributed by atoms with Crippen LogP contribution in [0.25, 0.3) is 0 Å². The van der Waals surface area contributed by atoms with Crippen LogP contribution in [0.5, 0.6) is 0 Å². The van der Waals surface area contributed by atoms with Crippen LogP contribution in [-0.4, -0.2) is 84.9 Å². The summed E-state index contributed by atoms with van der Waals surface area (Å²) in [5.74, 6) is -0.447. The molecular weight excluding hydrogens is 518 g/mol. The molecular formula is C31H33N7O3. The molecule has 41 heavy (non-hydrogen) atoms. The first-order valence-corrected chi connectivity index (χ1v) is 13.9. The molecule has 0 atom stereocenters. The molecule has 0 unspecified atom stereocenters. The molecule has 2 fully saturated rings. The van der Waals surface area contributed by atoms with Gasteiger partial charge >= 0.3 is 0 Å². The van der Waals surface area contributed by atoms with Crippen LogP contribution in [0.4, 0.5) is 11.4 Å². The van der Waals surface area contributed by atoms with Gasteiger partial charge in [-0.25, -0.2) is 0 Å². The van der Waals surface area contributed by atoms with Gasteiger partial charge in [-0.15, -0.1) is 0 Å². The van der Waals surface area contributed by atoms with Crippen molar-refractivity contribution in [2.24, 2.45) is 0 Å². The Morgan fingerprint density at radius 2 is 1.56 bits per heavy atom. The van der Waals surface area contributed by atoms with Gasteiger partial charge in [0.25, 0.3) is 17.7 Å². The Morgan fingerprint density at radius 1 is 0.805 bits per heavy atom. The summed E-state index contributed by atoms with van der Waals surface area (Å²) in [4.78, 5) is 49.6. The lowest BCUT2D eigenvalue weighted by atomic mass is 10.1. The van der Waals surface area contributed by atoms with Crippen molar-refractivity contribution in [2.75, 3.05) is 62.6 Å². The van der Waals surface area contributed by atoms with Crippen LogP contribution in [0.1, 0.15) is 49.5 Å². The van der Waals surface area contributed by atoms with Gasteiger partial charge in [-0.1, -0.05) is 0 Å². The third-order valence-corrected chi connectivity index (χ3v) is 7.43. The van der Waals surface area contributed by atoms with E-state index in [1.54, 1.807) is 48.7 Å². The number of carbonyl (C=O) groups excluding carboxylic acids is 3. The molecule has 2 aromatic carbocycles. The molecule has 2 saturated heterocycles. The molecule has 0 radical (unpaired) electrons. The van der Waals surface area contributed by atoms with Crippen LogP contribution in [0.15, 0.2) is 67.0 Å². The quantitative estimate of drug-likeness (QED) is 0.500. The number of amides is 3. The summed E-state index contributed by atoms with van der Waals surface area (Å²) in [7, 11) is 0. The van der Waals surface area contributed by atoms with Crippen LogP contribution in [0.3, 0.4) is 0 Å². The molecule has 1 aromatic heterocycles. The highest BCUT2D eigenvalue weighted by atomic mass is 16.2. The number of hydrogen-bond acceptors (Lipinski definition) is 7. The Balaban J connectivity index is 1.37. The van der Waals surface area contributed by atoms with Crippen molar-refractivity contribution in [3.63, 3.8) is 0 Å². The van der Waals surface area contributed by atoms with Crippen LogP contribution in [-0.2, 0) is 0 Å². The largest absolute Gasteiger partial charge is 0.368 e. The smallest absolute Gasteiger partial charge is 0.257 e. The second-order valence-corrected chi connectivity index (χ2v) is 10.1. The highest BCUT2D eigenvalue weighted by Crippen LogP contribution is 2.30. The van der Waals surface area contributed by atoms with Crippen LogP contribution in [0.2, 0.25) is 0 Å². The molecule has 10 nitrogen and oxygen atoms in total. The number of carbonyl (C=O) groups is 3. The topological polar surface area (TPSA) is 122 Å². The van der Waals surface area contributed by atoms with E-state index in [0.717, 1.165) is 31.6 Å². The zero-order valence-electron chi connectivity index (χ0n) is 22.9. The van der Waals surface area contributed by atoms with Gasteiger partial charge in [0.15, 0.2) is 0 Å². The van der Waals surface area contributed by atoms with E-state index < -0.39 is 0 Å². The lowest BCUT2D eigenvalue weighted by Crippen LogP contribution is -2.35. The Labute approximate surface area is 239 Å². The van der Waals surface area contributed by atoms with E-state index in [4.69, 9.17) is 5.26 Å². The van der Waals surface area contributed by atoms with Crippen molar-refractivity contribution in [1.29, 1.82) is 5.26 Å². The monoisotopic (exact) mass is 551 g/mol. The van der Waals surface area contributed by atoms with Crippen LogP contribution < -0.4 is 15.5 Å². The molecule has 5 rings (SSSR count). The summed E-state index contributed by atoms with van der Waals surface area (Å²) < 4.78 is 0. The zero-order valence-corrected chi connectivity index (χ0v) is 22.9. The number of benzene rings is 2. The van der Waals surface area contributed by atoms with Gasteiger partial charge in [0.05, 0.1) is 28.6 Å². The highest BCUT2D eigenvalue weighted by Gasteiger charge is 2.24. The second kappa shape index (κ2) is 13.1. The van der Waals surface area contributed by atoms with E-state index in [1.807, 2.05) is 21.9 Å².